The van der Waals surface area contributed by atoms with E-state index in [0.717, 1.165) is 19.1 Å². The molecule has 0 bridgehead atoms. The van der Waals surface area contributed by atoms with Crippen LogP contribution in [0.25, 0.3) is 11.3 Å². The summed E-state index contributed by atoms with van der Waals surface area (Å²) < 4.78 is 64.6. The van der Waals surface area contributed by atoms with E-state index in [1.807, 2.05) is 0 Å². The summed E-state index contributed by atoms with van der Waals surface area (Å²) in [6.45, 7) is 2.31. The zero-order valence-corrected chi connectivity index (χ0v) is 18.2. The van der Waals surface area contributed by atoms with Crippen molar-refractivity contribution in [2.45, 2.75) is 26.1 Å². The molecule has 0 unspecified atom stereocenters. The first-order valence-corrected chi connectivity index (χ1v) is 9.69. The van der Waals surface area contributed by atoms with Crippen LogP contribution in [0.3, 0.4) is 0 Å². The molecule has 2 heterocycles. The Morgan fingerprint density at radius 3 is 2.55 bits per heavy atom. The fourth-order valence-electron chi connectivity index (χ4n) is 2.79. The molecule has 0 saturated carbocycles. The molecule has 1 amide bonds. The quantitative estimate of drug-likeness (QED) is 0.432. The highest BCUT2D eigenvalue weighted by atomic mass is 35.5. The number of nitrogens with two attached hydrogens (primary N) is 1. The molecule has 0 aliphatic rings. The molecular weight excluding hydrogens is 470 g/mol. The Bertz CT molecular complexity index is 1180. The third-order valence-corrected chi connectivity index (χ3v) is 4.82. The molecule has 13 heteroatoms. The summed E-state index contributed by atoms with van der Waals surface area (Å²) in [6, 6.07) is 4.39. The first kappa shape index (κ1) is 24.1. The van der Waals surface area contributed by atoms with E-state index in [-0.39, 0.29) is 33.7 Å². The smallest absolute Gasteiger partial charge is 0.425 e. The van der Waals surface area contributed by atoms with Gasteiger partial charge < -0.3 is 20.5 Å². The molecule has 8 nitrogen and oxygen atoms in total. The molecule has 3 aromatic rings. The molecule has 0 fully saturated rings. The normalized spacial score (nSPS) is 12.4. The molecule has 0 saturated heterocycles. The Labute approximate surface area is 190 Å². The number of hydrogen-bond donors (Lipinski definition) is 3. The second-order valence-corrected chi connectivity index (χ2v) is 7.27. The van der Waals surface area contributed by atoms with Crippen molar-refractivity contribution in [2.75, 3.05) is 18.2 Å². The molecule has 0 spiro atoms. The number of aryl methyl sites for hydroxylation is 1. The number of aromatic nitrogens is 3. The topological polar surface area (TPSA) is 115 Å². The van der Waals surface area contributed by atoms with Crippen molar-refractivity contribution < 1.29 is 31.8 Å². The lowest BCUT2D eigenvalue weighted by Gasteiger charge is -2.20. The molecule has 4 N–H and O–H groups in total. The van der Waals surface area contributed by atoms with Crippen molar-refractivity contribution in [3.63, 3.8) is 0 Å². The molecule has 3 rings (SSSR count). The maximum absolute atomic E-state index is 15.0. The van der Waals surface area contributed by atoms with Crippen LogP contribution < -0.4 is 20.5 Å². The number of nitrogens with one attached hydrogen (secondary N) is 2. The molecule has 1 atom stereocenters. The fraction of sp³-hybridized carbons (Fsp3) is 0.250. The lowest BCUT2D eigenvalue weighted by atomic mass is 10.0. The van der Waals surface area contributed by atoms with E-state index in [1.165, 1.54) is 19.2 Å². The highest BCUT2D eigenvalue weighted by molar-refractivity contribution is 6.33. The van der Waals surface area contributed by atoms with Crippen molar-refractivity contribution in [1.29, 1.82) is 0 Å². The van der Waals surface area contributed by atoms with Gasteiger partial charge in [0, 0.05) is 17.7 Å². The predicted octanol–water partition coefficient (Wildman–Crippen LogP) is 4.75. The van der Waals surface area contributed by atoms with Crippen molar-refractivity contribution in [3.05, 3.63) is 46.5 Å². The molecule has 0 aliphatic heterocycles. The van der Waals surface area contributed by atoms with Crippen molar-refractivity contribution in [1.82, 2.24) is 15.2 Å². The van der Waals surface area contributed by atoms with Gasteiger partial charge in [0.25, 0.3) is 5.91 Å². The first-order valence-electron chi connectivity index (χ1n) is 9.31. The lowest BCUT2D eigenvalue weighted by molar-refractivity contribution is -0.189. The van der Waals surface area contributed by atoms with E-state index in [0.29, 0.717) is 5.69 Å². The van der Waals surface area contributed by atoms with Crippen molar-refractivity contribution in [3.8, 4) is 22.8 Å². The number of hydrogen-bond acceptors (Lipinski definition) is 6. The maximum Gasteiger partial charge on any atom is 0.425 e. The number of anilines is 2. The fourth-order valence-corrected chi connectivity index (χ4v) is 3.02. The predicted molar refractivity (Wildman–Crippen MR) is 113 cm³/mol. The Kier molecular flexibility index (Phi) is 6.68. The molecule has 176 valence electrons. The largest absolute Gasteiger partial charge is 0.497 e. The SMILES string of the molecule is COc1cc(N)nc(-c2cc(O[C@@H](C)C(F)(F)F)c(C(=O)Nc3c(Cl)n[nH]c3C)cc2F)c1. The number of benzene rings is 1. The van der Waals surface area contributed by atoms with Gasteiger partial charge in [-0.1, -0.05) is 11.6 Å². The summed E-state index contributed by atoms with van der Waals surface area (Å²) in [5, 5.41) is 8.55. The number of nitrogen functional groups attached to an aromatic ring is 1. The molecule has 0 aliphatic carbocycles. The number of H-pyrrole nitrogens is 1. The van der Waals surface area contributed by atoms with Crippen LogP contribution in [0.15, 0.2) is 24.3 Å². The van der Waals surface area contributed by atoms with Gasteiger partial charge in [-0.25, -0.2) is 9.37 Å². The number of nitrogens with zero attached hydrogens (tertiary/aromatic N) is 2. The molecule has 2 aromatic heterocycles. The number of rotatable bonds is 6. The highest BCUT2D eigenvalue weighted by Gasteiger charge is 2.39. The van der Waals surface area contributed by atoms with Crippen molar-refractivity contribution >= 4 is 29.0 Å². The summed E-state index contributed by atoms with van der Waals surface area (Å²) in [5.41, 5.74) is 5.39. The Hall–Kier alpha value is -3.54. The number of methoxy groups -OCH3 is 1. The number of carbonyl (C=O) groups is 1. The standard InChI is InChI=1S/C20H18ClF4N5O3/c1-8-17(18(21)30-29-8)28-19(31)12-6-13(22)11(7-15(12)33-9(2)20(23,24)25)14-4-10(32-3)5-16(26)27-14/h4-7,9H,1-3H3,(H2,26,27)(H,28,31)(H,29,30)/t9-/m0/s1. The number of pyridine rings is 1. The lowest BCUT2D eigenvalue weighted by Crippen LogP contribution is -2.32. The minimum Gasteiger partial charge on any atom is -0.497 e. The monoisotopic (exact) mass is 487 g/mol. The van der Waals surface area contributed by atoms with Crippen LogP contribution in [0.5, 0.6) is 11.5 Å². The number of amides is 1. The summed E-state index contributed by atoms with van der Waals surface area (Å²) in [6.07, 6.45) is -7.05. The van der Waals surface area contributed by atoms with E-state index in [2.05, 4.69) is 20.5 Å². The maximum atomic E-state index is 15.0. The van der Waals surface area contributed by atoms with Gasteiger partial charge in [-0.15, -0.1) is 0 Å². The molecular formula is C20H18ClF4N5O3. The highest BCUT2D eigenvalue weighted by Crippen LogP contribution is 2.35. The van der Waals surface area contributed by atoms with Crippen molar-refractivity contribution in [2.24, 2.45) is 0 Å². The summed E-state index contributed by atoms with van der Waals surface area (Å²) in [4.78, 5) is 16.8. The number of carbonyl (C=O) groups excluding carboxylic acids is 1. The zero-order valence-electron chi connectivity index (χ0n) is 17.5. The zero-order chi connectivity index (χ0) is 24.5. The van der Waals surface area contributed by atoms with Crippen LogP contribution >= 0.6 is 11.6 Å². The minimum absolute atomic E-state index is 0.0122. The molecule has 1 aromatic carbocycles. The average Bonchev–Trinajstić information content (AvgIpc) is 3.05. The summed E-state index contributed by atoms with van der Waals surface area (Å²) in [7, 11) is 1.35. The Balaban J connectivity index is 2.11. The van der Waals surface area contributed by atoms with Crippen LogP contribution in [0.4, 0.5) is 29.1 Å². The number of alkyl halides is 3. The second kappa shape index (κ2) is 9.14. The van der Waals surface area contributed by atoms with Gasteiger partial charge in [0.15, 0.2) is 11.3 Å². The van der Waals surface area contributed by atoms with Gasteiger partial charge in [-0.2, -0.15) is 18.3 Å². The van der Waals surface area contributed by atoms with Crippen LogP contribution in [0.2, 0.25) is 5.15 Å². The number of halogens is 5. The first-order chi connectivity index (χ1) is 15.4. The number of ether oxygens (including phenoxy) is 2. The minimum atomic E-state index is -4.74. The third kappa shape index (κ3) is 5.28. The van der Waals surface area contributed by atoms with Gasteiger partial charge >= 0.3 is 6.18 Å². The van der Waals surface area contributed by atoms with Crippen LogP contribution in [0, 0.1) is 12.7 Å². The second-order valence-electron chi connectivity index (χ2n) is 6.92. The van der Waals surface area contributed by atoms with Gasteiger partial charge in [0.2, 0.25) is 0 Å². The van der Waals surface area contributed by atoms with Gasteiger partial charge in [0.05, 0.1) is 24.1 Å². The van der Waals surface area contributed by atoms with Gasteiger partial charge in [-0.05, 0) is 26.0 Å². The molecule has 0 radical (unpaired) electrons. The van der Waals surface area contributed by atoms with E-state index in [9.17, 15) is 18.0 Å². The molecule has 33 heavy (non-hydrogen) atoms. The average molecular weight is 488 g/mol. The Morgan fingerprint density at radius 2 is 1.97 bits per heavy atom. The van der Waals surface area contributed by atoms with Crippen LogP contribution in [-0.4, -0.2) is 40.5 Å². The van der Waals surface area contributed by atoms with E-state index >= 15 is 4.39 Å². The van der Waals surface area contributed by atoms with E-state index in [1.54, 1.807) is 6.92 Å². The summed E-state index contributed by atoms with van der Waals surface area (Å²) in [5.74, 6) is -2.22. The van der Waals surface area contributed by atoms with Gasteiger partial charge in [0.1, 0.15) is 28.8 Å². The van der Waals surface area contributed by atoms with Crippen LogP contribution in [-0.2, 0) is 0 Å². The van der Waals surface area contributed by atoms with Crippen LogP contribution in [0.1, 0.15) is 23.0 Å². The van der Waals surface area contributed by atoms with E-state index in [4.69, 9.17) is 26.8 Å². The van der Waals surface area contributed by atoms with E-state index < -0.39 is 35.3 Å². The summed E-state index contributed by atoms with van der Waals surface area (Å²) >= 11 is 5.90. The third-order valence-electron chi connectivity index (χ3n) is 4.55. The number of aromatic amines is 1. The Morgan fingerprint density at radius 1 is 1.27 bits per heavy atom. The van der Waals surface area contributed by atoms with Gasteiger partial charge in [-0.3, -0.25) is 9.89 Å².